The van der Waals surface area contributed by atoms with E-state index in [-0.39, 0.29) is 18.9 Å². The highest BCUT2D eigenvalue weighted by Gasteiger charge is 2.23. The molecule has 0 unspecified atom stereocenters. The molecule has 24 heavy (non-hydrogen) atoms. The van der Waals surface area contributed by atoms with Gasteiger partial charge in [-0.05, 0) is 35.9 Å². The minimum atomic E-state index is -3.25. The Bertz CT molecular complexity index is 857. The number of fused-ring (bicyclic) bond motifs is 1. The number of hydrogen-bond acceptors (Lipinski definition) is 5. The normalized spacial score (nSPS) is 11.9. The van der Waals surface area contributed by atoms with E-state index in [1.54, 1.807) is 29.1 Å². The van der Waals surface area contributed by atoms with Crippen molar-refractivity contribution in [3.8, 4) is 11.4 Å². The van der Waals surface area contributed by atoms with Crippen molar-refractivity contribution in [2.75, 3.05) is 0 Å². The number of nitrogens with two attached hydrogens (primary N) is 1. The van der Waals surface area contributed by atoms with E-state index in [0.717, 1.165) is 0 Å². The molecule has 2 heterocycles. The summed E-state index contributed by atoms with van der Waals surface area (Å²) >= 11 is 0. The van der Waals surface area contributed by atoms with Crippen LogP contribution in [0.5, 0.6) is 5.75 Å². The van der Waals surface area contributed by atoms with Gasteiger partial charge >= 0.3 is 6.11 Å². The van der Waals surface area contributed by atoms with Gasteiger partial charge in [-0.2, -0.15) is 13.9 Å². The van der Waals surface area contributed by atoms with Gasteiger partial charge in [0.15, 0.2) is 5.65 Å². The van der Waals surface area contributed by atoms with Crippen molar-refractivity contribution in [2.24, 2.45) is 5.73 Å². The summed E-state index contributed by atoms with van der Waals surface area (Å²) in [7, 11) is 0. The number of aliphatic hydroxyl groups excluding tert-OH is 1. The van der Waals surface area contributed by atoms with Gasteiger partial charge in [-0.3, -0.25) is 0 Å². The number of ether oxygens (including phenoxy) is 1. The largest absolute Gasteiger partial charge is 0.433 e. The Balaban J connectivity index is 2.07. The zero-order chi connectivity index (χ0) is 17.3. The second-order valence-electron chi connectivity index (χ2n) is 5.29. The number of rotatable bonds is 5. The van der Waals surface area contributed by atoms with Crippen LogP contribution in [0.3, 0.4) is 0 Å². The number of benzene rings is 1. The molecule has 2 aromatic heterocycles. The maximum atomic E-state index is 12.9. The number of aromatic nitrogens is 3. The highest BCUT2D eigenvalue weighted by atomic mass is 19.3. The molecule has 0 amide bonds. The van der Waals surface area contributed by atoms with Crippen molar-refractivity contribution in [1.82, 2.24) is 14.8 Å². The van der Waals surface area contributed by atoms with Crippen LogP contribution in [0.1, 0.15) is 18.2 Å². The van der Waals surface area contributed by atoms with Crippen LogP contribution in [0.15, 0.2) is 36.5 Å². The fourth-order valence-electron chi connectivity index (χ4n) is 2.50. The van der Waals surface area contributed by atoms with Crippen LogP contribution in [0.4, 0.5) is 8.78 Å². The fraction of sp³-hybridized carbons (Fsp3) is 0.250. The molecule has 0 aliphatic heterocycles. The van der Waals surface area contributed by atoms with E-state index >= 15 is 0 Å². The Kier molecular flexibility index (Phi) is 4.16. The molecule has 6 nitrogen and oxygen atoms in total. The highest BCUT2D eigenvalue weighted by molar-refractivity contribution is 5.83. The summed E-state index contributed by atoms with van der Waals surface area (Å²) in [6, 6.07) is 7.76. The lowest BCUT2D eigenvalue weighted by Crippen LogP contribution is -2.19. The fourth-order valence-corrected chi connectivity index (χ4v) is 2.50. The van der Waals surface area contributed by atoms with E-state index in [1.165, 1.54) is 12.1 Å². The predicted molar refractivity (Wildman–Crippen MR) is 83.9 cm³/mol. The number of pyridine rings is 1. The summed E-state index contributed by atoms with van der Waals surface area (Å²) in [6.45, 7) is 0.706. The molecule has 3 rings (SSSR count). The van der Waals surface area contributed by atoms with E-state index in [0.29, 0.717) is 34.9 Å². The Morgan fingerprint density at radius 3 is 2.54 bits per heavy atom. The molecule has 0 spiro atoms. The van der Waals surface area contributed by atoms with Crippen molar-refractivity contribution in [1.29, 1.82) is 0 Å². The van der Waals surface area contributed by atoms with Gasteiger partial charge in [0, 0.05) is 25.1 Å². The second-order valence-corrected chi connectivity index (χ2v) is 5.29. The molecule has 0 saturated carbocycles. The summed E-state index contributed by atoms with van der Waals surface area (Å²) in [5, 5.41) is 14.6. The summed E-state index contributed by atoms with van der Waals surface area (Å²) < 4.78 is 31.8. The lowest BCUT2D eigenvalue weighted by Gasteiger charge is -2.13. The number of halogens is 2. The Labute approximate surface area is 136 Å². The van der Waals surface area contributed by atoms with Crippen molar-refractivity contribution in [3.05, 3.63) is 47.8 Å². The van der Waals surface area contributed by atoms with E-state index < -0.39 is 6.11 Å². The standard InChI is InChI=1S/C16H16F2N4O2/c1-16(17,18)24-12-4-2-11(3-5-12)22-15-14(13(8-19)21-22)10(9-23)6-7-20-15/h2-7,23H,8-9,19H2,1H3. The van der Waals surface area contributed by atoms with Crippen LogP contribution in [-0.4, -0.2) is 26.0 Å². The average molecular weight is 334 g/mol. The molecular weight excluding hydrogens is 318 g/mol. The zero-order valence-corrected chi connectivity index (χ0v) is 12.9. The number of hydrogen-bond donors (Lipinski definition) is 2. The van der Waals surface area contributed by atoms with Gasteiger partial charge in [0.05, 0.1) is 18.0 Å². The monoisotopic (exact) mass is 334 g/mol. The lowest BCUT2D eigenvalue weighted by molar-refractivity contribution is -0.158. The van der Waals surface area contributed by atoms with Crippen LogP contribution in [-0.2, 0) is 13.2 Å². The maximum absolute atomic E-state index is 12.9. The van der Waals surface area contributed by atoms with Crippen molar-refractivity contribution in [3.63, 3.8) is 0 Å². The molecule has 3 N–H and O–H groups in total. The first-order valence-corrected chi connectivity index (χ1v) is 7.26. The van der Waals surface area contributed by atoms with E-state index in [1.807, 2.05) is 0 Å². The van der Waals surface area contributed by atoms with Gasteiger partial charge in [-0.25, -0.2) is 9.67 Å². The smallest absolute Gasteiger partial charge is 0.394 e. The van der Waals surface area contributed by atoms with Gasteiger partial charge in [-0.1, -0.05) is 0 Å². The van der Waals surface area contributed by atoms with E-state index in [9.17, 15) is 13.9 Å². The van der Waals surface area contributed by atoms with Gasteiger partial charge in [0.1, 0.15) is 5.75 Å². The third-order valence-corrected chi connectivity index (χ3v) is 3.47. The molecule has 8 heteroatoms. The summed E-state index contributed by atoms with van der Waals surface area (Å²) in [6.07, 6.45) is -1.67. The summed E-state index contributed by atoms with van der Waals surface area (Å²) in [5.41, 5.74) is 8.17. The van der Waals surface area contributed by atoms with Gasteiger partial charge in [-0.15, -0.1) is 0 Å². The molecule has 1 aromatic carbocycles. The molecular formula is C16H16F2N4O2. The van der Waals surface area contributed by atoms with Crippen molar-refractivity contribution >= 4 is 11.0 Å². The average Bonchev–Trinajstić information content (AvgIpc) is 2.93. The minimum absolute atomic E-state index is 0.0470. The zero-order valence-electron chi connectivity index (χ0n) is 12.9. The topological polar surface area (TPSA) is 86.2 Å². The molecule has 0 aliphatic carbocycles. The van der Waals surface area contributed by atoms with Gasteiger partial charge in [0.25, 0.3) is 0 Å². The van der Waals surface area contributed by atoms with Crippen LogP contribution >= 0.6 is 0 Å². The third kappa shape index (κ3) is 3.06. The summed E-state index contributed by atoms with van der Waals surface area (Å²) in [4.78, 5) is 4.30. The Hall–Kier alpha value is -2.58. The van der Waals surface area contributed by atoms with Crippen molar-refractivity contribution in [2.45, 2.75) is 26.2 Å². The highest BCUT2D eigenvalue weighted by Crippen LogP contribution is 2.26. The predicted octanol–water partition coefficient (Wildman–Crippen LogP) is 2.36. The second kappa shape index (κ2) is 6.14. The van der Waals surface area contributed by atoms with Crippen LogP contribution in [0.25, 0.3) is 16.7 Å². The molecule has 0 radical (unpaired) electrons. The van der Waals surface area contributed by atoms with Crippen molar-refractivity contribution < 1.29 is 18.6 Å². The first-order chi connectivity index (χ1) is 11.4. The molecule has 0 atom stereocenters. The molecule has 3 aromatic rings. The van der Waals surface area contributed by atoms with Gasteiger partial charge in [0.2, 0.25) is 0 Å². The number of alkyl halides is 2. The lowest BCUT2D eigenvalue weighted by atomic mass is 10.1. The van der Waals surface area contributed by atoms with Crippen LogP contribution < -0.4 is 10.5 Å². The van der Waals surface area contributed by atoms with E-state index in [2.05, 4.69) is 14.8 Å². The number of aliphatic hydroxyl groups is 1. The molecule has 0 aliphatic rings. The van der Waals surface area contributed by atoms with Crippen LogP contribution in [0.2, 0.25) is 0 Å². The SMILES string of the molecule is CC(F)(F)Oc1ccc(-n2nc(CN)c3c(CO)ccnc32)cc1. The molecule has 126 valence electrons. The molecule has 0 bridgehead atoms. The number of nitrogens with zero attached hydrogens (tertiary/aromatic N) is 3. The molecule has 0 fully saturated rings. The van der Waals surface area contributed by atoms with E-state index in [4.69, 9.17) is 5.73 Å². The first kappa shape index (κ1) is 16.3. The minimum Gasteiger partial charge on any atom is -0.433 e. The summed E-state index contributed by atoms with van der Waals surface area (Å²) in [5.74, 6) is 0.0470. The Morgan fingerprint density at radius 2 is 1.96 bits per heavy atom. The Morgan fingerprint density at radius 1 is 1.25 bits per heavy atom. The van der Waals surface area contributed by atoms with Gasteiger partial charge < -0.3 is 15.6 Å². The quantitative estimate of drug-likeness (QED) is 0.748. The third-order valence-electron chi connectivity index (χ3n) is 3.47. The first-order valence-electron chi connectivity index (χ1n) is 7.26. The molecule has 0 saturated heterocycles. The van der Waals surface area contributed by atoms with Crippen LogP contribution in [0, 0.1) is 0 Å². The maximum Gasteiger partial charge on any atom is 0.394 e.